The van der Waals surface area contributed by atoms with Crippen LogP contribution in [0.2, 0.25) is 0 Å². The molecule has 25 heavy (non-hydrogen) atoms. The minimum Gasteiger partial charge on any atom is -0.326 e. The van der Waals surface area contributed by atoms with Gasteiger partial charge in [0.2, 0.25) is 5.91 Å². The first-order valence-electron chi connectivity index (χ1n) is 8.07. The zero-order chi connectivity index (χ0) is 17.6. The molecule has 6 heteroatoms. The molecule has 2 aromatic carbocycles. The van der Waals surface area contributed by atoms with Crippen molar-refractivity contribution in [3.63, 3.8) is 0 Å². The van der Waals surface area contributed by atoms with Crippen LogP contribution in [0.3, 0.4) is 0 Å². The summed E-state index contributed by atoms with van der Waals surface area (Å²) in [4.78, 5) is 12.0. The highest BCUT2D eigenvalue weighted by atomic mass is 32.2. The maximum absolute atomic E-state index is 12.0. The lowest BCUT2D eigenvalue weighted by molar-refractivity contribution is -0.115. The molecule has 0 aliphatic rings. The number of nitrogens with zero attached hydrogens (tertiary/aromatic N) is 3. The van der Waals surface area contributed by atoms with Crippen molar-refractivity contribution < 1.29 is 4.79 Å². The van der Waals surface area contributed by atoms with Crippen LogP contribution in [0, 0.1) is 6.92 Å². The molecular weight excluding hydrogens is 332 g/mol. The number of hydrogen-bond donors (Lipinski definition) is 1. The highest BCUT2D eigenvalue weighted by molar-refractivity contribution is 7.99. The molecule has 0 saturated carbocycles. The summed E-state index contributed by atoms with van der Waals surface area (Å²) in [7, 11) is 1.95. The van der Waals surface area contributed by atoms with Crippen molar-refractivity contribution >= 4 is 23.4 Å². The lowest BCUT2D eigenvalue weighted by Gasteiger charge is -2.05. The Morgan fingerprint density at radius 3 is 2.52 bits per heavy atom. The average molecular weight is 352 g/mol. The Labute approximate surface area is 151 Å². The van der Waals surface area contributed by atoms with Gasteiger partial charge in [-0.05, 0) is 19.1 Å². The molecule has 0 atom stereocenters. The van der Waals surface area contributed by atoms with Gasteiger partial charge in [-0.15, -0.1) is 10.2 Å². The largest absolute Gasteiger partial charge is 0.326 e. The molecule has 3 aromatic rings. The van der Waals surface area contributed by atoms with E-state index in [-0.39, 0.29) is 5.91 Å². The highest BCUT2D eigenvalue weighted by Gasteiger charge is 2.12. The van der Waals surface area contributed by atoms with Crippen LogP contribution in [0.25, 0.3) is 11.4 Å². The summed E-state index contributed by atoms with van der Waals surface area (Å²) < 4.78 is 1.96. The van der Waals surface area contributed by atoms with Crippen molar-refractivity contribution in [1.29, 1.82) is 0 Å². The molecule has 0 bridgehead atoms. The first kappa shape index (κ1) is 17.2. The molecule has 1 amide bonds. The first-order chi connectivity index (χ1) is 12.1. The predicted octanol–water partition coefficient (Wildman–Crippen LogP) is 3.91. The molecule has 0 aliphatic heterocycles. The van der Waals surface area contributed by atoms with Crippen LogP contribution >= 0.6 is 11.8 Å². The molecular formula is C19H20N4OS. The second kappa shape index (κ2) is 7.98. The molecule has 128 valence electrons. The van der Waals surface area contributed by atoms with Gasteiger partial charge in [-0.2, -0.15) is 0 Å². The average Bonchev–Trinajstić information content (AvgIpc) is 2.97. The third kappa shape index (κ3) is 4.48. The third-order valence-electron chi connectivity index (χ3n) is 3.76. The Hall–Kier alpha value is -2.60. The van der Waals surface area contributed by atoms with Crippen LogP contribution in [0.4, 0.5) is 5.69 Å². The lowest BCUT2D eigenvalue weighted by Crippen LogP contribution is -2.12. The standard InChI is InChI=1S/C19H20N4OS/c1-14-8-10-15(11-9-14)18-21-22-19(23(18)2)25-13-12-17(24)20-16-6-4-3-5-7-16/h3-11H,12-13H2,1-2H3,(H,20,24). The number of amides is 1. The van der Waals surface area contributed by atoms with Crippen LogP contribution in [-0.4, -0.2) is 26.4 Å². The molecule has 5 nitrogen and oxygen atoms in total. The molecule has 1 heterocycles. The minimum atomic E-state index is -0.000346. The van der Waals surface area contributed by atoms with Gasteiger partial charge in [0, 0.05) is 30.5 Å². The van der Waals surface area contributed by atoms with Crippen molar-refractivity contribution in [3.8, 4) is 11.4 Å². The number of thioether (sulfide) groups is 1. The number of carbonyl (C=O) groups is 1. The summed E-state index contributed by atoms with van der Waals surface area (Å²) in [5.41, 5.74) is 3.07. The second-order valence-electron chi connectivity index (χ2n) is 5.74. The Bertz CT molecular complexity index is 844. The number of benzene rings is 2. The second-order valence-corrected chi connectivity index (χ2v) is 6.81. The van der Waals surface area contributed by atoms with E-state index in [9.17, 15) is 4.79 Å². The smallest absolute Gasteiger partial charge is 0.225 e. The fraction of sp³-hybridized carbons (Fsp3) is 0.211. The number of aromatic nitrogens is 3. The number of aryl methyl sites for hydroxylation is 1. The van der Waals surface area contributed by atoms with Crippen molar-refractivity contribution in [1.82, 2.24) is 14.8 Å². The topological polar surface area (TPSA) is 59.8 Å². The first-order valence-corrected chi connectivity index (χ1v) is 9.06. The van der Waals surface area contributed by atoms with E-state index in [0.717, 1.165) is 22.2 Å². The molecule has 0 aliphatic carbocycles. The summed E-state index contributed by atoms with van der Waals surface area (Å²) in [6.07, 6.45) is 0.423. The zero-order valence-electron chi connectivity index (χ0n) is 14.3. The van der Waals surface area contributed by atoms with Crippen molar-refractivity contribution in [3.05, 3.63) is 60.2 Å². The van der Waals surface area contributed by atoms with E-state index in [1.807, 2.05) is 54.1 Å². The molecule has 1 N–H and O–H groups in total. The van der Waals surface area contributed by atoms with Crippen LogP contribution in [0.5, 0.6) is 0 Å². The van der Waals surface area contributed by atoms with E-state index in [2.05, 4.69) is 34.6 Å². The van der Waals surface area contributed by atoms with E-state index >= 15 is 0 Å². The van der Waals surface area contributed by atoms with Gasteiger partial charge >= 0.3 is 0 Å². The van der Waals surface area contributed by atoms with E-state index in [0.29, 0.717) is 12.2 Å². The predicted molar refractivity (Wildman–Crippen MR) is 102 cm³/mol. The van der Waals surface area contributed by atoms with E-state index in [4.69, 9.17) is 0 Å². The Kier molecular flexibility index (Phi) is 5.50. The quantitative estimate of drug-likeness (QED) is 0.683. The van der Waals surface area contributed by atoms with Gasteiger partial charge in [0.15, 0.2) is 11.0 Å². The summed E-state index contributed by atoms with van der Waals surface area (Å²) in [5, 5.41) is 12.2. The third-order valence-corrected chi connectivity index (χ3v) is 4.78. The van der Waals surface area contributed by atoms with Gasteiger partial charge in [-0.1, -0.05) is 59.8 Å². The number of para-hydroxylation sites is 1. The fourth-order valence-electron chi connectivity index (χ4n) is 2.37. The van der Waals surface area contributed by atoms with Crippen LogP contribution in [0.1, 0.15) is 12.0 Å². The summed E-state index contributed by atoms with van der Waals surface area (Å²) in [6.45, 7) is 2.06. The van der Waals surface area contributed by atoms with E-state index < -0.39 is 0 Å². The molecule has 3 rings (SSSR count). The number of carbonyl (C=O) groups excluding carboxylic acids is 1. The molecule has 0 spiro atoms. The van der Waals surface area contributed by atoms with Crippen molar-refractivity contribution in [2.24, 2.45) is 7.05 Å². The van der Waals surface area contributed by atoms with E-state index in [1.165, 1.54) is 17.3 Å². The van der Waals surface area contributed by atoms with Crippen LogP contribution < -0.4 is 5.32 Å². The molecule has 0 saturated heterocycles. The molecule has 0 radical (unpaired) electrons. The molecule has 1 aromatic heterocycles. The van der Waals surface area contributed by atoms with Crippen molar-refractivity contribution in [2.45, 2.75) is 18.5 Å². The molecule has 0 fully saturated rings. The lowest BCUT2D eigenvalue weighted by atomic mass is 10.1. The minimum absolute atomic E-state index is 0.000346. The summed E-state index contributed by atoms with van der Waals surface area (Å²) in [5.74, 6) is 1.48. The maximum Gasteiger partial charge on any atom is 0.225 e. The number of rotatable bonds is 6. The Balaban J connectivity index is 1.55. The van der Waals surface area contributed by atoms with Gasteiger partial charge in [0.1, 0.15) is 0 Å². The normalized spacial score (nSPS) is 10.6. The van der Waals surface area contributed by atoms with Gasteiger partial charge in [-0.25, -0.2) is 0 Å². The van der Waals surface area contributed by atoms with E-state index in [1.54, 1.807) is 0 Å². The van der Waals surface area contributed by atoms with Gasteiger partial charge in [-0.3, -0.25) is 4.79 Å². The monoisotopic (exact) mass is 352 g/mol. The van der Waals surface area contributed by atoms with Gasteiger partial charge in [0.05, 0.1) is 0 Å². The van der Waals surface area contributed by atoms with Gasteiger partial charge in [0.25, 0.3) is 0 Å². The van der Waals surface area contributed by atoms with Crippen LogP contribution in [0.15, 0.2) is 59.8 Å². The van der Waals surface area contributed by atoms with Crippen LogP contribution in [-0.2, 0) is 11.8 Å². The zero-order valence-corrected chi connectivity index (χ0v) is 15.1. The highest BCUT2D eigenvalue weighted by Crippen LogP contribution is 2.23. The number of anilines is 1. The maximum atomic E-state index is 12.0. The Morgan fingerprint density at radius 2 is 1.80 bits per heavy atom. The number of nitrogens with one attached hydrogen (secondary N) is 1. The van der Waals surface area contributed by atoms with Crippen molar-refractivity contribution in [2.75, 3.05) is 11.1 Å². The molecule has 0 unspecified atom stereocenters. The van der Waals surface area contributed by atoms with Gasteiger partial charge < -0.3 is 9.88 Å². The Morgan fingerprint density at radius 1 is 1.08 bits per heavy atom. The fourth-order valence-corrected chi connectivity index (χ4v) is 3.22. The number of hydrogen-bond acceptors (Lipinski definition) is 4. The SMILES string of the molecule is Cc1ccc(-c2nnc(SCCC(=O)Nc3ccccc3)n2C)cc1. The summed E-state index contributed by atoms with van der Waals surface area (Å²) in [6, 6.07) is 17.7. The summed E-state index contributed by atoms with van der Waals surface area (Å²) >= 11 is 1.53.